The molecule has 5 heteroatoms. The molecule has 1 N–H and O–H groups in total. The highest BCUT2D eigenvalue weighted by atomic mass is 35.5. The molecule has 1 aromatic heterocycles. The second kappa shape index (κ2) is 9.93. The van der Waals surface area contributed by atoms with Gasteiger partial charge in [0.1, 0.15) is 22.5 Å². The second-order valence-corrected chi connectivity index (χ2v) is 9.28. The van der Waals surface area contributed by atoms with Crippen molar-refractivity contribution in [3.05, 3.63) is 118 Å². The lowest BCUT2D eigenvalue weighted by Crippen LogP contribution is -2.09. The lowest BCUT2D eigenvalue weighted by atomic mass is 9.83. The van der Waals surface area contributed by atoms with Crippen molar-refractivity contribution in [2.45, 2.75) is 38.5 Å². The Balaban J connectivity index is 1.73. The van der Waals surface area contributed by atoms with Gasteiger partial charge in [0.05, 0.1) is 0 Å². The van der Waals surface area contributed by atoms with Crippen LogP contribution in [0.2, 0.25) is 5.02 Å². The van der Waals surface area contributed by atoms with Gasteiger partial charge in [0, 0.05) is 22.4 Å². The van der Waals surface area contributed by atoms with E-state index >= 15 is 0 Å². The van der Waals surface area contributed by atoms with Gasteiger partial charge in [-0.15, -0.1) is 15.0 Å². The summed E-state index contributed by atoms with van der Waals surface area (Å²) in [5, 5.41) is 21.5. The zero-order chi connectivity index (χ0) is 24.4. The van der Waals surface area contributed by atoms with Crippen LogP contribution in [-0.2, 0) is 0 Å². The lowest BCUT2D eigenvalue weighted by molar-refractivity contribution is 0.456. The van der Waals surface area contributed by atoms with Crippen LogP contribution in [0, 0.1) is 0 Å². The molecule has 5 rings (SSSR count). The quantitative estimate of drug-likeness (QED) is 0.257. The van der Waals surface area contributed by atoms with Crippen molar-refractivity contribution in [3.63, 3.8) is 0 Å². The molecule has 0 fully saturated rings. The Kier molecular flexibility index (Phi) is 6.56. The van der Waals surface area contributed by atoms with Gasteiger partial charge in [-0.05, 0) is 53.8 Å². The molecule has 0 aliphatic carbocycles. The van der Waals surface area contributed by atoms with E-state index in [-0.39, 0.29) is 17.6 Å². The van der Waals surface area contributed by atoms with E-state index < -0.39 is 0 Å². The van der Waals surface area contributed by atoms with Crippen LogP contribution in [0.4, 0.5) is 0 Å². The van der Waals surface area contributed by atoms with Crippen LogP contribution in [0.15, 0.2) is 91.0 Å². The number of nitrogens with zero attached hydrogens (tertiary/aromatic N) is 3. The zero-order valence-electron chi connectivity index (χ0n) is 19.9. The standard InChI is InChI=1S/C30H28ClN3O/c1-3-24(20-11-7-5-8-12-20)22-17-26(25(4-2)21-13-9-6-10-14-21)30(35)29(18-22)34-32-27-16-15-23(31)19-28(27)33-34/h5-19,24-25,35H,3-4H2,1-2H3. The molecule has 176 valence electrons. The Morgan fingerprint density at radius 1 is 0.714 bits per heavy atom. The molecule has 0 spiro atoms. The van der Waals surface area contributed by atoms with E-state index in [0.29, 0.717) is 16.2 Å². The smallest absolute Gasteiger partial charge is 0.146 e. The van der Waals surface area contributed by atoms with Gasteiger partial charge in [0.2, 0.25) is 0 Å². The molecule has 0 amide bonds. The van der Waals surface area contributed by atoms with Crippen molar-refractivity contribution in [2.75, 3.05) is 0 Å². The average Bonchev–Trinajstić information content (AvgIpc) is 3.30. The van der Waals surface area contributed by atoms with E-state index in [2.05, 4.69) is 66.5 Å². The van der Waals surface area contributed by atoms with Crippen molar-refractivity contribution in [3.8, 4) is 11.4 Å². The molecule has 0 bridgehead atoms. The van der Waals surface area contributed by atoms with Gasteiger partial charge in [0.15, 0.2) is 0 Å². The predicted molar refractivity (Wildman–Crippen MR) is 143 cm³/mol. The first-order valence-corrected chi connectivity index (χ1v) is 12.5. The molecular weight excluding hydrogens is 454 g/mol. The number of aromatic nitrogens is 3. The molecule has 5 aromatic rings. The molecule has 0 saturated heterocycles. The molecule has 0 saturated carbocycles. The number of hydrogen-bond acceptors (Lipinski definition) is 3. The van der Waals surface area contributed by atoms with Crippen LogP contribution in [0.3, 0.4) is 0 Å². The van der Waals surface area contributed by atoms with Crippen LogP contribution in [-0.4, -0.2) is 20.1 Å². The highest BCUT2D eigenvalue weighted by Crippen LogP contribution is 2.41. The minimum atomic E-state index is 0.0441. The third-order valence-electron chi connectivity index (χ3n) is 6.70. The summed E-state index contributed by atoms with van der Waals surface area (Å²) in [4.78, 5) is 1.54. The summed E-state index contributed by atoms with van der Waals surface area (Å²) in [6, 6.07) is 30.5. The maximum absolute atomic E-state index is 11.6. The summed E-state index contributed by atoms with van der Waals surface area (Å²) in [7, 11) is 0. The number of benzene rings is 4. The summed E-state index contributed by atoms with van der Waals surface area (Å²) in [6.45, 7) is 4.35. The van der Waals surface area contributed by atoms with Crippen molar-refractivity contribution in [1.82, 2.24) is 15.0 Å². The van der Waals surface area contributed by atoms with E-state index in [1.807, 2.05) is 36.4 Å². The number of halogens is 1. The Morgan fingerprint density at radius 2 is 1.31 bits per heavy atom. The van der Waals surface area contributed by atoms with Crippen molar-refractivity contribution in [1.29, 1.82) is 0 Å². The van der Waals surface area contributed by atoms with Crippen molar-refractivity contribution in [2.24, 2.45) is 0 Å². The Hall–Kier alpha value is -3.63. The zero-order valence-corrected chi connectivity index (χ0v) is 20.7. The number of aromatic hydroxyl groups is 1. The molecule has 0 aliphatic heterocycles. The van der Waals surface area contributed by atoms with E-state index in [0.717, 1.165) is 29.5 Å². The van der Waals surface area contributed by atoms with Gasteiger partial charge >= 0.3 is 0 Å². The fourth-order valence-electron chi connectivity index (χ4n) is 4.95. The van der Waals surface area contributed by atoms with Gasteiger partial charge in [0.25, 0.3) is 0 Å². The predicted octanol–water partition coefficient (Wildman–Crippen LogP) is 7.86. The fraction of sp³-hybridized carbons (Fsp3) is 0.200. The number of phenols is 1. The van der Waals surface area contributed by atoms with Crippen LogP contribution in [0.1, 0.15) is 60.8 Å². The number of hydrogen-bond donors (Lipinski definition) is 1. The third kappa shape index (κ3) is 4.54. The Morgan fingerprint density at radius 3 is 1.94 bits per heavy atom. The number of phenolic OH excluding ortho intramolecular Hbond substituents is 1. The second-order valence-electron chi connectivity index (χ2n) is 8.84. The van der Waals surface area contributed by atoms with Gasteiger partial charge in [-0.25, -0.2) is 0 Å². The molecule has 35 heavy (non-hydrogen) atoms. The first kappa shape index (κ1) is 23.1. The van der Waals surface area contributed by atoms with E-state index in [9.17, 15) is 5.11 Å². The van der Waals surface area contributed by atoms with E-state index in [1.165, 1.54) is 11.1 Å². The Bertz CT molecular complexity index is 1450. The van der Waals surface area contributed by atoms with E-state index in [1.54, 1.807) is 16.9 Å². The number of rotatable bonds is 7. The molecule has 2 unspecified atom stereocenters. The minimum absolute atomic E-state index is 0.0441. The van der Waals surface area contributed by atoms with Gasteiger partial charge in [-0.3, -0.25) is 0 Å². The first-order chi connectivity index (χ1) is 17.1. The summed E-state index contributed by atoms with van der Waals surface area (Å²) in [6.07, 6.45) is 1.78. The summed E-state index contributed by atoms with van der Waals surface area (Å²) < 4.78 is 0. The molecule has 0 aliphatic rings. The molecular formula is C30H28ClN3O. The molecule has 1 heterocycles. The molecule has 4 aromatic carbocycles. The number of fused-ring (bicyclic) bond motifs is 1. The Labute approximate surface area is 210 Å². The lowest BCUT2D eigenvalue weighted by Gasteiger charge is -2.23. The van der Waals surface area contributed by atoms with Gasteiger partial charge < -0.3 is 5.11 Å². The summed E-state index contributed by atoms with van der Waals surface area (Å²) in [5.74, 6) is 0.434. The van der Waals surface area contributed by atoms with Gasteiger partial charge in [-0.1, -0.05) is 92.2 Å². The van der Waals surface area contributed by atoms with E-state index in [4.69, 9.17) is 11.6 Å². The van der Waals surface area contributed by atoms with Crippen LogP contribution < -0.4 is 0 Å². The molecule has 4 nitrogen and oxygen atoms in total. The third-order valence-corrected chi connectivity index (χ3v) is 6.93. The van der Waals surface area contributed by atoms with Crippen molar-refractivity contribution >= 4 is 22.6 Å². The normalized spacial score (nSPS) is 13.1. The molecule has 2 atom stereocenters. The summed E-state index contributed by atoms with van der Waals surface area (Å²) >= 11 is 6.19. The SMILES string of the molecule is CCC(c1ccccc1)c1cc(C(CC)c2ccccc2)c(O)c(-n2nc3ccc(Cl)cc3n2)c1. The highest BCUT2D eigenvalue weighted by molar-refractivity contribution is 6.31. The minimum Gasteiger partial charge on any atom is -0.505 e. The largest absolute Gasteiger partial charge is 0.505 e. The summed E-state index contributed by atoms with van der Waals surface area (Å²) in [5.41, 5.74) is 6.44. The highest BCUT2D eigenvalue weighted by Gasteiger charge is 2.24. The fourth-order valence-corrected chi connectivity index (χ4v) is 5.11. The average molecular weight is 482 g/mol. The maximum atomic E-state index is 11.6. The molecule has 0 radical (unpaired) electrons. The van der Waals surface area contributed by atoms with Crippen molar-refractivity contribution < 1.29 is 5.11 Å². The monoisotopic (exact) mass is 481 g/mol. The van der Waals surface area contributed by atoms with Gasteiger partial charge in [-0.2, -0.15) is 0 Å². The van der Waals surface area contributed by atoms with Crippen LogP contribution in [0.25, 0.3) is 16.7 Å². The maximum Gasteiger partial charge on any atom is 0.146 e. The first-order valence-electron chi connectivity index (χ1n) is 12.1. The van der Waals surface area contributed by atoms with Crippen LogP contribution >= 0.6 is 11.6 Å². The topological polar surface area (TPSA) is 50.9 Å². The van der Waals surface area contributed by atoms with Crippen LogP contribution in [0.5, 0.6) is 5.75 Å².